The third kappa shape index (κ3) is 6.20. The van der Waals surface area contributed by atoms with Gasteiger partial charge in [-0.25, -0.2) is 18.7 Å². The van der Waals surface area contributed by atoms with E-state index in [0.29, 0.717) is 46.0 Å². The summed E-state index contributed by atoms with van der Waals surface area (Å²) in [5, 5.41) is 26.3. The van der Waals surface area contributed by atoms with Crippen molar-refractivity contribution in [2.75, 3.05) is 13.7 Å². The van der Waals surface area contributed by atoms with E-state index < -0.39 is 29.9 Å². The van der Waals surface area contributed by atoms with E-state index >= 15 is 8.78 Å². The van der Waals surface area contributed by atoms with Crippen LogP contribution in [0.1, 0.15) is 87.5 Å². The van der Waals surface area contributed by atoms with Crippen molar-refractivity contribution >= 4 is 50.9 Å². The van der Waals surface area contributed by atoms with Crippen molar-refractivity contribution in [2.45, 2.75) is 95.2 Å². The van der Waals surface area contributed by atoms with Crippen LogP contribution < -0.4 is 14.8 Å². The highest BCUT2D eigenvalue weighted by atomic mass is 35.5. The Labute approximate surface area is 338 Å². The van der Waals surface area contributed by atoms with Crippen molar-refractivity contribution < 1.29 is 28.2 Å². The Hall–Kier alpha value is -4.54. The number of hydrogen-bond donors (Lipinski definition) is 2. The molecule has 2 aromatic carbocycles. The van der Waals surface area contributed by atoms with Crippen molar-refractivity contribution in [2.24, 2.45) is 11.8 Å². The maximum Gasteiger partial charge on any atom is 0.226 e. The number of benzene rings is 2. The van der Waals surface area contributed by atoms with Gasteiger partial charge in [0.05, 0.1) is 64.9 Å². The van der Waals surface area contributed by atoms with Gasteiger partial charge in [-0.15, -0.1) is 0 Å². The number of aliphatic hydroxyl groups is 1. The number of carbonyl (C=O) groups excluding carboxylic acids is 1. The highest BCUT2D eigenvalue weighted by Crippen LogP contribution is 2.53. The van der Waals surface area contributed by atoms with E-state index in [-0.39, 0.29) is 81.5 Å². The number of aromatic nitrogens is 3. The number of rotatable bonds is 11. The lowest BCUT2D eigenvalue weighted by Crippen LogP contribution is -2.44. The van der Waals surface area contributed by atoms with E-state index in [0.717, 1.165) is 37.7 Å². The van der Waals surface area contributed by atoms with Crippen molar-refractivity contribution in [1.82, 2.24) is 24.8 Å². The number of carbonyl (C=O) groups is 1. The SMILES string of the molecule is CC[C@@H]1[C@@H](Oc2cc(OC)ncc2F)C[C@H](c2cc3c([C@@H](C)O)nc4c(F)c(-c5cccc(Cl)c5Cl)c(CCC#N)cc4c3n2[C@H]2[C@H]3CN[C@@H]2C3)N1C(=O)C1CC1. The van der Waals surface area contributed by atoms with Crippen molar-refractivity contribution in [3.8, 4) is 28.8 Å². The number of fused-ring (bicyclic) bond motifs is 4. The fraction of sp³-hybridized carbons (Fsp3) is 0.442. The van der Waals surface area contributed by atoms with Crippen LogP contribution in [0.25, 0.3) is 32.9 Å². The van der Waals surface area contributed by atoms with Gasteiger partial charge in [0.25, 0.3) is 0 Å². The zero-order valence-corrected chi connectivity index (χ0v) is 33.2. The highest BCUT2D eigenvalue weighted by Gasteiger charge is 2.53. The molecule has 14 heteroatoms. The number of aryl methyl sites for hydroxylation is 1. The molecule has 5 fully saturated rings. The molecule has 2 N–H and O–H groups in total. The number of ether oxygens (including phenoxy) is 2. The lowest BCUT2D eigenvalue weighted by molar-refractivity contribution is -0.136. The predicted molar refractivity (Wildman–Crippen MR) is 212 cm³/mol. The highest BCUT2D eigenvalue weighted by molar-refractivity contribution is 6.43. The zero-order valence-electron chi connectivity index (χ0n) is 31.7. The van der Waals surface area contributed by atoms with E-state index in [1.165, 1.54) is 13.2 Å². The van der Waals surface area contributed by atoms with Gasteiger partial charge in [0, 0.05) is 65.0 Å². The van der Waals surface area contributed by atoms with Crippen LogP contribution >= 0.6 is 23.2 Å². The molecule has 10 nitrogen and oxygen atoms in total. The Morgan fingerprint density at radius 2 is 1.98 bits per heavy atom. The van der Waals surface area contributed by atoms with E-state index in [2.05, 4.69) is 20.9 Å². The van der Waals surface area contributed by atoms with Gasteiger partial charge < -0.3 is 29.4 Å². The molecule has 10 rings (SSSR count). The largest absolute Gasteiger partial charge is 0.485 e. The summed E-state index contributed by atoms with van der Waals surface area (Å²) in [4.78, 5) is 25.2. The van der Waals surface area contributed by atoms with E-state index in [1.807, 2.05) is 24.0 Å². The van der Waals surface area contributed by atoms with Crippen LogP contribution in [-0.2, 0) is 11.2 Å². The van der Waals surface area contributed by atoms with Crippen LogP contribution in [0.3, 0.4) is 0 Å². The van der Waals surface area contributed by atoms with Gasteiger partial charge in [-0.05, 0) is 68.7 Å². The molecule has 2 saturated carbocycles. The summed E-state index contributed by atoms with van der Waals surface area (Å²) >= 11 is 13.1. The van der Waals surface area contributed by atoms with Crippen LogP contribution in [0.15, 0.2) is 42.6 Å². The molecule has 0 unspecified atom stereocenters. The van der Waals surface area contributed by atoms with E-state index in [4.69, 9.17) is 37.7 Å². The number of halogens is 4. The second kappa shape index (κ2) is 14.7. The second-order valence-corrected chi connectivity index (χ2v) is 16.6. The smallest absolute Gasteiger partial charge is 0.226 e. The van der Waals surface area contributed by atoms with Crippen LogP contribution in [0.2, 0.25) is 10.0 Å². The van der Waals surface area contributed by atoms with Crippen LogP contribution in [0.5, 0.6) is 11.6 Å². The Balaban J connectivity index is 1.30. The molecule has 0 spiro atoms. The minimum absolute atomic E-state index is 0.00544. The summed E-state index contributed by atoms with van der Waals surface area (Å²) < 4.78 is 46.7. The normalized spacial score (nSPS) is 24.5. The average molecular weight is 816 g/mol. The quantitative estimate of drug-likeness (QED) is 0.136. The molecule has 0 radical (unpaired) electrons. The minimum Gasteiger partial charge on any atom is -0.485 e. The first-order valence-corrected chi connectivity index (χ1v) is 20.4. The molecular formula is C43H42Cl2F2N6O4. The fourth-order valence-corrected chi connectivity index (χ4v) is 10.1. The molecule has 3 aliphatic heterocycles. The number of nitriles is 1. The first-order chi connectivity index (χ1) is 27.5. The number of methoxy groups -OCH3 is 1. The Morgan fingerprint density at radius 3 is 2.65 bits per heavy atom. The Morgan fingerprint density at radius 1 is 1.18 bits per heavy atom. The van der Waals surface area contributed by atoms with Gasteiger partial charge in [0.2, 0.25) is 11.8 Å². The molecule has 6 heterocycles. The zero-order chi connectivity index (χ0) is 39.9. The maximum absolute atomic E-state index is 17.5. The van der Waals surface area contributed by atoms with Crippen molar-refractivity contribution in [3.63, 3.8) is 0 Å². The number of amides is 1. The van der Waals surface area contributed by atoms with E-state index in [1.54, 1.807) is 25.1 Å². The van der Waals surface area contributed by atoms with Crippen molar-refractivity contribution in [3.05, 3.63) is 81.2 Å². The van der Waals surface area contributed by atoms with Gasteiger partial charge in [-0.3, -0.25) is 4.79 Å². The second-order valence-electron chi connectivity index (χ2n) is 15.8. The summed E-state index contributed by atoms with van der Waals surface area (Å²) in [5.41, 5.74) is 3.06. The molecule has 7 atom stereocenters. The summed E-state index contributed by atoms with van der Waals surface area (Å²) in [6.45, 7) is 4.42. The summed E-state index contributed by atoms with van der Waals surface area (Å²) in [6, 6.07) is 11.8. The molecule has 3 saturated heterocycles. The summed E-state index contributed by atoms with van der Waals surface area (Å²) in [6.07, 6.45) is 3.27. The maximum atomic E-state index is 17.5. The molecular weight excluding hydrogens is 773 g/mol. The summed E-state index contributed by atoms with van der Waals surface area (Å²) in [5.74, 6) is -0.860. The fourth-order valence-electron chi connectivity index (χ4n) is 9.67. The van der Waals surface area contributed by atoms with Gasteiger partial charge >= 0.3 is 0 Å². The Kier molecular flexibility index (Phi) is 9.79. The van der Waals surface area contributed by atoms with Gasteiger partial charge in [-0.2, -0.15) is 5.26 Å². The number of nitrogens with zero attached hydrogens (tertiary/aromatic N) is 5. The first kappa shape index (κ1) is 38.0. The van der Waals surface area contributed by atoms with Crippen LogP contribution in [0.4, 0.5) is 8.78 Å². The number of nitrogens with one attached hydrogen (secondary N) is 1. The summed E-state index contributed by atoms with van der Waals surface area (Å²) in [7, 11) is 1.45. The van der Waals surface area contributed by atoms with Crippen LogP contribution in [0, 0.1) is 34.8 Å². The molecule has 1 amide bonds. The van der Waals surface area contributed by atoms with Crippen molar-refractivity contribution in [1.29, 1.82) is 5.26 Å². The van der Waals surface area contributed by atoms with Gasteiger partial charge in [-0.1, -0.05) is 42.3 Å². The number of hydrogen-bond acceptors (Lipinski definition) is 8. The first-order valence-electron chi connectivity index (χ1n) is 19.6. The van der Waals surface area contributed by atoms with Gasteiger partial charge in [0.1, 0.15) is 11.6 Å². The van der Waals surface area contributed by atoms with Crippen LogP contribution in [-0.4, -0.2) is 62.3 Å². The van der Waals surface area contributed by atoms with E-state index in [9.17, 15) is 15.2 Å². The minimum atomic E-state index is -1.08. The molecule has 296 valence electrons. The number of likely N-dealkylation sites (tertiary alicyclic amines) is 1. The lowest BCUT2D eigenvalue weighted by Gasteiger charge is -2.40. The standard InChI is InChI=1S/C43H42Cl2F2N6O4/c1-4-30-34(57-33-17-35(56-3)50-19-28(33)46)16-32(52(30)43(55)21-10-11-21)31-15-26-39(20(2)54)51-40-25(42(26)53(31)41-23-14-29(41)49-18-23)13-22(7-6-12-48)36(38(40)47)24-8-5-9-27(44)37(24)45/h5,8-9,13,15,17,19-21,23,29-30,32,34,41,49,54H,4,6-7,10-11,14,16,18H2,1-3H3/t20-,23-,29-,30-,32-,34+,41+/m1/s1. The third-order valence-corrected chi connectivity index (χ3v) is 13.3. The van der Waals surface area contributed by atoms with Gasteiger partial charge in [0.15, 0.2) is 17.4 Å². The predicted octanol–water partition coefficient (Wildman–Crippen LogP) is 8.80. The molecule has 57 heavy (non-hydrogen) atoms. The molecule has 3 aromatic heterocycles. The molecule has 5 aromatic rings. The molecule has 5 aliphatic rings. The average Bonchev–Trinajstić information content (AvgIpc) is 3.47. The molecule has 2 bridgehead atoms. The third-order valence-electron chi connectivity index (χ3n) is 12.5. The Bertz CT molecular complexity index is 2470. The monoisotopic (exact) mass is 814 g/mol. The number of aliphatic hydroxyl groups excluding tert-OH is 1. The lowest BCUT2D eigenvalue weighted by atomic mass is 9.79. The molecule has 2 aliphatic carbocycles. The number of pyridine rings is 2. The topological polar surface area (TPSA) is 126 Å².